The van der Waals surface area contributed by atoms with Crippen LogP contribution >= 0.6 is 0 Å². The van der Waals surface area contributed by atoms with Crippen molar-refractivity contribution in [1.29, 1.82) is 0 Å². The van der Waals surface area contributed by atoms with E-state index in [1.54, 1.807) is 0 Å². The third-order valence-corrected chi connectivity index (χ3v) is 2.76. The lowest BCUT2D eigenvalue weighted by molar-refractivity contribution is -0.870. The number of rotatable bonds is 10. The number of nitrogens with zero attached hydrogens (tertiary/aromatic N) is 1. The van der Waals surface area contributed by atoms with Crippen molar-refractivity contribution in [3.8, 4) is 0 Å². The van der Waals surface area contributed by atoms with E-state index in [-0.39, 0.29) is 13.0 Å². The number of aliphatic carboxylic acids is 1. The van der Waals surface area contributed by atoms with Crippen LogP contribution < -0.4 is 5.11 Å². The van der Waals surface area contributed by atoms with Crippen molar-refractivity contribution in [1.82, 2.24) is 0 Å². The van der Waals surface area contributed by atoms with Crippen molar-refractivity contribution >= 4 is 5.97 Å². The third-order valence-electron chi connectivity index (χ3n) is 2.76. The number of hydrogen-bond donors (Lipinski definition) is 1. The summed E-state index contributed by atoms with van der Waals surface area (Å²) in [6, 6.07) is 0. The van der Waals surface area contributed by atoms with Crippen LogP contribution in [0.5, 0.6) is 0 Å². The van der Waals surface area contributed by atoms with Gasteiger partial charge in [0.2, 0.25) is 0 Å². The number of carboxylic acid groups (broad SMARTS) is 1. The van der Waals surface area contributed by atoms with E-state index in [2.05, 4.69) is 28.1 Å². The van der Waals surface area contributed by atoms with Gasteiger partial charge in [0, 0.05) is 5.97 Å². The predicted molar refractivity (Wildman–Crippen MR) is 77.6 cm³/mol. The van der Waals surface area contributed by atoms with Gasteiger partial charge in [-0.25, -0.2) is 0 Å². The number of unbranched alkanes of at least 4 members (excludes halogenated alkanes) is 6. The highest BCUT2D eigenvalue weighted by atomic mass is 16.4. The van der Waals surface area contributed by atoms with E-state index in [9.17, 15) is 9.90 Å². The molecule has 19 heavy (non-hydrogen) atoms. The van der Waals surface area contributed by atoms with Gasteiger partial charge in [-0.05, 0) is 12.8 Å². The molecule has 0 heterocycles. The minimum absolute atomic E-state index is 0.230. The summed E-state index contributed by atoms with van der Waals surface area (Å²) in [5, 5.41) is 18.4. The number of likely N-dealkylation sites (N-methyl/N-ethyl adjacent to an activating group) is 1. The van der Waals surface area contributed by atoms with Gasteiger partial charge in [-0.1, -0.05) is 45.4 Å². The second-order valence-electron chi connectivity index (χ2n) is 5.98. The Morgan fingerprint density at radius 3 is 1.79 bits per heavy atom. The molecule has 0 atom stereocenters. The number of carbonyl (C=O) groups is 1. The first-order valence-corrected chi connectivity index (χ1v) is 7.44. The van der Waals surface area contributed by atoms with Crippen LogP contribution in [-0.2, 0) is 4.79 Å². The van der Waals surface area contributed by atoms with Gasteiger partial charge in [-0.2, -0.15) is 0 Å². The number of hydrogen-bond acceptors (Lipinski definition) is 3. The summed E-state index contributed by atoms with van der Waals surface area (Å²) >= 11 is 0. The van der Waals surface area contributed by atoms with Crippen LogP contribution in [0.3, 0.4) is 0 Å². The molecule has 0 aliphatic rings. The molecule has 0 aliphatic carbocycles. The molecule has 0 bridgehead atoms. The lowest BCUT2D eigenvalue weighted by Crippen LogP contribution is -2.36. The van der Waals surface area contributed by atoms with Gasteiger partial charge in [0.15, 0.2) is 0 Å². The van der Waals surface area contributed by atoms with E-state index in [1.165, 1.54) is 32.1 Å². The minimum atomic E-state index is -0.913. The fourth-order valence-electron chi connectivity index (χ4n) is 1.53. The van der Waals surface area contributed by atoms with Crippen molar-refractivity contribution in [3.05, 3.63) is 0 Å². The Balaban J connectivity index is 0. The van der Waals surface area contributed by atoms with E-state index in [4.69, 9.17) is 5.11 Å². The quantitative estimate of drug-likeness (QED) is 0.486. The molecule has 0 aromatic rings. The molecule has 0 aromatic carbocycles. The van der Waals surface area contributed by atoms with Crippen LogP contribution in [0.2, 0.25) is 0 Å². The van der Waals surface area contributed by atoms with Crippen LogP contribution in [-0.4, -0.2) is 49.9 Å². The van der Waals surface area contributed by atoms with E-state index < -0.39 is 5.97 Å². The number of quaternary nitrogens is 1. The summed E-state index contributed by atoms with van der Waals surface area (Å²) in [7, 11) is 6.16. The fraction of sp³-hybridized carbons (Fsp3) is 0.933. The molecule has 0 aliphatic heterocycles. The summed E-state index contributed by atoms with van der Waals surface area (Å²) < 4.78 is 0.844. The molecule has 116 valence electrons. The Morgan fingerprint density at radius 2 is 1.47 bits per heavy atom. The molecule has 0 radical (unpaired) electrons. The fourth-order valence-corrected chi connectivity index (χ4v) is 1.53. The first kappa shape index (κ1) is 20.7. The Morgan fingerprint density at radius 1 is 1.00 bits per heavy atom. The van der Waals surface area contributed by atoms with E-state index >= 15 is 0 Å². The van der Waals surface area contributed by atoms with Gasteiger partial charge in [0.1, 0.15) is 6.54 Å². The lowest BCUT2D eigenvalue weighted by Gasteiger charge is -2.21. The maximum Gasteiger partial charge on any atom is 0.101 e. The summed E-state index contributed by atoms with van der Waals surface area (Å²) in [6.07, 6.45) is 8.34. The molecule has 0 saturated heterocycles. The topological polar surface area (TPSA) is 60.4 Å². The van der Waals surface area contributed by atoms with Gasteiger partial charge in [0.05, 0.1) is 27.7 Å². The maximum absolute atomic E-state index is 10.0. The second-order valence-corrected chi connectivity index (χ2v) is 5.98. The summed E-state index contributed by atoms with van der Waals surface area (Å²) in [4.78, 5) is 10.0. The predicted octanol–water partition coefficient (Wildman–Crippen LogP) is 1.56. The van der Waals surface area contributed by atoms with Gasteiger partial charge in [-0.3, -0.25) is 0 Å². The van der Waals surface area contributed by atoms with E-state index in [1.807, 2.05) is 0 Å². The van der Waals surface area contributed by atoms with Crippen LogP contribution in [0.4, 0.5) is 0 Å². The van der Waals surface area contributed by atoms with Gasteiger partial charge in [-0.15, -0.1) is 0 Å². The standard InChI is InChI=1S/C10H20O2.C5H14NO/c1-2-3-4-5-6-7-8-9-10(11)12;1-6(2,3)4-5-7/h2-9H2,1H3,(H,11,12);7H,4-5H2,1-3H3/q;+1/p-1. The highest BCUT2D eigenvalue weighted by Crippen LogP contribution is 2.07. The Hall–Kier alpha value is -0.610. The molecule has 0 saturated carbocycles. The maximum atomic E-state index is 10.0. The number of aliphatic hydroxyl groups is 1. The Bertz CT molecular complexity index is 200. The van der Waals surface area contributed by atoms with Gasteiger partial charge >= 0.3 is 0 Å². The molecule has 4 nitrogen and oxygen atoms in total. The van der Waals surface area contributed by atoms with E-state index in [0.29, 0.717) is 0 Å². The molecule has 0 rings (SSSR count). The Kier molecular flexibility index (Phi) is 15.1. The van der Waals surface area contributed by atoms with Crippen LogP contribution in [0.15, 0.2) is 0 Å². The molecule has 0 fully saturated rings. The zero-order chi connectivity index (χ0) is 15.1. The minimum Gasteiger partial charge on any atom is -0.550 e. The molecule has 0 aromatic heterocycles. The average Bonchev–Trinajstić information content (AvgIpc) is 2.27. The second kappa shape index (κ2) is 13.8. The monoisotopic (exact) mass is 275 g/mol. The average molecular weight is 275 g/mol. The Labute approximate surface area is 119 Å². The molecule has 0 unspecified atom stereocenters. The highest BCUT2D eigenvalue weighted by molar-refractivity contribution is 5.63. The largest absolute Gasteiger partial charge is 0.550 e. The van der Waals surface area contributed by atoms with Crippen molar-refractivity contribution < 1.29 is 19.5 Å². The number of aliphatic hydroxyl groups excluding tert-OH is 1. The van der Waals surface area contributed by atoms with Gasteiger partial charge in [0.25, 0.3) is 0 Å². The smallest absolute Gasteiger partial charge is 0.101 e. The van der Waals surface area contributed by atoms with Crippen molar-refractivity contribution in [2.45, 2.75) is 58.3 Å². The summed E-state index contributed by atoms with van der Waals surface area (Å²) in [5.74, 6) is -0.913. The zero-order valence-corrected chi connectivity index (χ0v) is 13.3. The van der Waals surface area contributed by atoms with E-state index in [0.717, 1.165) is 23.9 Å². The number of carboxylic acids is 1. The molecular formula is C15H33NO3. The molecule has 0 spiro atoms. The first-order chi connectivity index (χ1) is 8.83. The molecular weight excluding hydrogens is 242 g/mol. The van der Waals surface area contributed by atoms with Crippen LogP contribution in [0, 0.1) is 0 Å². The zero-order valence-electron chi connectivity index (χ0n) is 13.3. The van der Waals surface area contributed by atoms with Crippen LogP contribution in [0.25, 0.3) is 0 Å². The SMILES string of the molecule is CCCCCCCCCC(=O)[O-].C[N+](C)(C)CCO. The first-order valence-electron chi connectivity index (χ1n) is 7.44. The molecule has 4 heteroatoms. The normalized spacial score (nSPS) is 10.8. The van der Waals surface area contributed by atoms with Crippen LogP contribution in [0.1, 0.15) is 58.3 Å². The summed E-state index contributed by atoms with van der Waals surface area (Å²) in [5.41, 5.74) is 0. The third kappa shape index (κ3) is 26.8. The van der Waals surface area contributed by atoms with Crippen molar-refractivity contribution in [2.75, 3.05) is 34.3 Å². The van der Waals surface area contributed by atoms with Crippen molar-refractivity contribution in [2.24, 2.45) is 0 Å². The van der Waals surface area contributed by atoms with Crippen molar-refractivity contribution in [3.63, 3.8) is 0 Å². The molecule has 0 amide bonds. The summed E-state index contributed by atoms with van der Waals surface area (Å²) in [6.45, 7) is 3.31. The highest BCUT2D eigenvalue weighted by Gasteiger charge is 2.02. The lowest BCUT2D eigenvalue weighted by atomic mass is 10.1. The van der Waals surface area contributed by atoms with Gasteiger partial charge < -0.3 is 19.5 Å². The number of carbonyl (C=O) groups excluding carboxylic acids is 1. The molecule has 1 N–H and O–H groups in total.